The lowest BCUT2D eigenvalue weighted by atomic mass is 10.1. The highest BCUT2D eigenvalue weighted by Crippen LogP contribution is 2.47. The van der Waals surface area contributed by atoms with E-state index in [0.29, 0.717) is 25.2 Å². The van der Waals surface area contributed by atoms with E-state index in [1.54, 1.807) is 0 Å². The molecule has 3 unspecified atom stereocenters. The van der Waals surface area contributed by atoms with Gasteiger partial charge in [0.05, 0.1) is 18.8 Å². The summed E-state index contributed by atoms with van der Waals surface area (Å²) in [7, 11) is 0. The zero-order chi connectivity index (χ0) is 13.2. The van der Waals surface area contributed by atoms with Crippen LogP contribution in [0.15, 0.2) is 30.3 Å². The Labute approximate surface area is 112 Å². The average Bonchev–Trinajstić information content (AvgIpc) is 3.09. The lowest BCUT2D eigenvalue weighted by Crippen LogP contribution is -2.33. The van der Waals surface area contributed by atoms with Crippen molar-refractivity contribution in [1.82, 2.24) is 0 Å². The number of benzene rings is 1. The molecule has 1 saturated heterocycles. The molecule has 1 heterocycles. The Hall–Kier alpha value is -1.39. The molecule has 0 spiro atoms. The minimum atomic E-state index is -0.272. The third-order valence-corrected chi connectivity index (χ3v) is 3.65. The third-order valence-electron chi connectivity index (χ3n) is 3.65. The summed E-state index contributed by atoms with van der Waals surface area (Å²) in [6.45, 7) is 2.28. The van der Waals surface area contributed by atoms with Crippen LogP contribution in [-0.2, 0) is 25.6 Å². The second-order valence-corrected chi connectivity index (χ2v) is 5.18. The minimum Gasteiger partial charge on any atom is -0.463 e. The van der Waals surface area contributed by atoms with E-state index < -0.39 is 0 Å². The van der Waals surface area contributed by atoms with E-state index in [2.05, 4.69) is 0 Å². The second kappa shape index (κ2) is 5.31. The van der Waals surface area contributed by atoms with E-state index in [-0.39, 0.29) is 18.2 Å². The van der Waals surface area contributed by atoms with Crippen LogP contribution >= 0.6 is 0 Å². The average molecular weight is 262 g/mol. The maximum absolute atomic E-state index is 10.9. The molecule has 19 heavy (non-hydrogen) atoms. The summed E-state index contributed by atoms with van der Waals surface area (Å²) in [5.41, 5.74) is 1.15. The molecule has 1 aromatic rings. The van der Waals surface area contributed by atoms with Crippen LogP contribution in [-0.4, -0.2) is 30.9 Å². The molecular weight excluding hydrogens is 244 g/mol. The molecule has 1 aliphatic carbocycles. The fraction of sp³-hybridized carbons (Fsp3) is 0.533. The smallest absolute Gasteiger partial charge is 0.302 e. The molecule has 4 heteroatoms. The summed E-state index contributed by atoms with van der Waals surface area (Å²) in [4.78, 5) is 10.9. The van der Waals surface area contributed by atoms with Crippen molar-refractivity contribution in [3.05, 3.63) is 35.9 Å². The van der Waals surface area contributed by atoms with Gasteiger partial charge in [-0.2, -0.15) is 0 Å². The SMILES string of the molecule is CC(=O)OCC1O[C@@H]2CC2C1OCc1ccccc1. The number of hydrogen-bond donors (Lipinski definition) is 0. The molecule has 1 aliphatic heterocycles. The summed E-state index contributed by atoms with van der Waals surface area (Å²) in [6, 6.07) is 10.1. The molecule has 0 N–H and O–H groups in total. The molecule has 4 nitrogen and oxygen atoms in total. The molecule has 2 fully saturated rings. The van der Waals surface area contributed by atoms with Crippen LogP contribution in [0.25, 0.3) is 0 Å². The van der Waals surface area contributed by atoms with Crippen LogP contribution in [0.4, 0.5) is 0 Å². The van der Waals surface area contributed by atoms with Crippen molar-refractivity contribution in [3.63, 3.8) is 0 Å². The van der Waals surface area contributed by atoms with E-state index in [9.17, 15) is 4.79 Å². The first kappa shape index (κ1) is 12.6. The molecule has 2 aliphatic rings. The number of carbonyl (C=O) groups excluding carboxylic acids is 1. The zero-order valence-electron chi connectivity index (χ0n) is 11.0. The van der Waals surface area contributed by atoms with Crippen molar-refractivity contribution in [3.8, 4) is 0 Å². The Morgan fingerprint density at radius 1 is 1.37 bits per heavy atom. The van der Waals surface area contributed by atoms with Gasteiger partial charge in [0.25, 0.3) is 0 Å². The van der Waals surface area contributed by atoms with Crippen LogP contribution in [0.5, 0.6) is 0 Å². The van der Waals surface area contributed by atoms with Crippen LogP contribution in [0.2, 0.25) is 0 Å². The van der Waals surface area contributed by atoms with Gasteiger partial charge in [0.15, 0.2) is 0 Å². The van der Waals surface area contributed by atoms with Gasteiger partial charge in [-0.25, -0.2) is 0 Å². The van der Waals surface area contributed by atoms with Crippen molar-refractivity contribution < 1.29 is 19.0 Å². The van der Waals surface area contributed by atoms with Crippen LogP contribution < -0.4 is 0 Å². The molecule has 102 valence electrons. The summed E-state index contributed by atoms with van der Waals surface area (Å²) in [6.07, 6.45) is 1.30. The maximum Gasteiger partial charge on any atom is 0.302 e. The van der Waals surface area contributed by atoms with Crippen LogP contribution in [0.1, 0.15) is 18.9 Å². The summed E-state index contributed by atoms with van der Waals surface area (Å²) in [5, 5.41) is 0. The summed E-state index contributed by atoms with van der Waals surface area (Å²) < 4.78 is 16.8. The Morgan fingerprint density at radius 3 is 2.89 bits per heavy atom. The van der Waals surface area contributed by atoms with Crippen molar-refractivity contribution in [1.29, 1.82) is 0 Å². The summed E-state index contributed by atoms with van der Waals surface area (Å²) >= 11 is 0. The molecule has 1 aromatic carbocycles. The Balaban J connectivity index is 1.54. The highest BCUT2D eigenvalue weighted by atomic mass is 16.6. The normalized spacial score (nSPS) is 31.8. The monoisotopic (exact) mass is 262 g/mol. The molecule has 0 amide bonds. The Bertz CT molecular complexity index is 445. The highest BCUT2D eigenvalue weighted by molar-refractivity contribution is 5.65. The first-order chi connectivity index (χ1) is 9.24. The Kier molecular flexibility index (Phi) is 3.53. The van der Waals surface area contributed by atoms with Crippen LogP contribution in [0.3, 0.4) is 0 Å². The molecule has 4 atom stereocenters. The lowest BCUT2D eigenvalue weighted by Gasteiger charge is -2.21. The number of carbonyl (C=O) groups is 1. The second-order valence-electron chi connectivity index (χ2n) is 5.18. The van der Waals surface area contributed by atoms with Gasteiger partial charge in [0.1, 0.15) is 12.7 Å². The standard InChI is InChI=1S/C15H18O4/c1-10(16)17-9-14-15(12-7-13(12)19-14)18-8-11-5-3-2-4-6-11/h2-6,12-15H,7-9H2,1H3/t12?,13-,14?,15?/m1/s1. The van der Waals surface area contributed by atoms with Crippen molar-refractivity contribution >= 4 is 5.97 Å². The van der Waals surface area contributed by atoms with E-state index in [0.717, 1.165) is 12.0 Å². The van der Waals surface area contributed by atoms with Gasteiger partial charge >= 0.3 is 5.97 Å². The van der Waals surface area contributed by atoms with E-state index in [1.165, 1.54) is 6.92 Å². The van der Waals surface area contributed by atoms with E-state index >= 15 is 0 Å². The fourth-order valence-corrected chi connectivity index (χ4v) is 2.60. The zero-order valence-corrected chi connectivity index (χ0v) is 11.0. The minimum absolute atomic E-state index is 0.0459. The fourth-order valence-electron chi connectivity index (χ4n) is 2.60. The van der Waals surface area contributed by atoms with Crippen LogP contribution in [0, 0.1) is 5.92 Å². The van der Waals surface area contributed by atoms with E-state index in [1.807, 2.05) is 30.3 Å². The molecule has 0 aromatic heterocycles. The molecule has 1 saturated carbocycles. The topological polar surface area (TPSA) is 44.8 Å². The highest BCUT2D eigenvalue weighted by Gasteiger charge is 2.56. The van der Waals surface area contributed by atoms with Crippen molar-refractivity contribution in [2.24, 2.45) is 5.92 Å². The predicted octanol–water partition coefficient (Wildman–Crippen LogP) is 1.92. The first-order valence-electron chi connectivity index (χ1n) is 6.68. The summed E-state index contributed by atoms with van der Waals surface area (Å²) in [5.74, 6) is 0.204. The number of ether oxygens (including phenoxy) is 3. The van der Waals surface area contributed by atoms with Crippen molar-refractivity contribution in [2.45, 2.75) is 38.3 Å². The number of hydrogen-bond acceptors (Lipinski definition) is 4. The maximum atomic E-state index is 10.9. The molecule has 0 radical (unpaired) electrons. The Morgan fingerprint density at radius 2 is 2.16 bits per heavy atom. The van der Waals surface area contributed by atoms with E-state index in [4.69, 9.17) is 14.2 Å². The van der Waals surface area contributed by atoms with Gasteiger partial charge < -0.3 is 14.2 Å². The van der Waals surface area contributed by atoms with Gasteiger partial charge in [-0.3, -0.25) is 4.79 Å². The number of fused-ring (bicyclic) bond motifs is 1. The first-order valence-corrected chi connectivity index (χ1v) is 6.68. The van der Waals surface area contributed by atoms with Gasteiger partial charge in [0.2, 0.25) is 0 Å². The molecular formula is C15H18O4. The molecule has 3 rings (SSSR count). The van der Waals surface area contributed by atoms with Crippen molar-refractivity contribution in [2.75, 3.05) is 6.61 Å². The lowest BCUT2D eigenvalue weighted by molar-refractivity contribution is -0.148. The number of esters is 1. The predicted molar refractivity (Wildman–Crippen MR) is 68.4 cm³/mol. The quantitative estimate of drug-likeness (QED) is 0.760. The largest absolute Gasteiger partial charge is 0.463 e. The third kappa shape index (κ3) is 2.96. The van der Waals surface area contributed by atoms with Gasteiger partial charge in [-0.15, -0.1) is 0 Å². The molecule has 0 bridgehead atoms. The van der Waals surface area contributed by atoms with Gasteiger partial charge in [-0.1, -0.05) is 30.3 Å². The number of rotatable bonds is 5. The van der Waals surface area contributed by atoms with Gasteiger partial charge in [-0.05, 0) is 12.0 Å². The van der Waals surface area contributed by atoms with Gasteiger partial charge in [0, 0.05) is 12.8 Å².